The highest BCUT2D eigenvalue weighted by Crippen LogP contribution is 2.27. The number of nitrogens with zero attached hydrogens (tertiary/aromatic N) is 3. The van der Waals surface area contributed by atoms with Crippen molar-refractivity contribution in [3.63, 3.8) is 0 Å². The lowest BCUT2D eigenvalue weighted by molar-refractivity contribution is 0.0942. The van der Waals surface area contributed by atoms with Crippen molar-refractivity contribution in [1.82, 2.24) is 25.3 Å². The van der Waals surface area contributed by atoms with Crippen LogP contribution in [0.15, 0.2) is 30.6 Å². The van der Waals surface area contributed by atoms with Crippen LogP contribution in [0.25, 0.3) is 11.6 Å². The standard InChI is InChI=1S/C17H17N5O3/c1-9-3-4-11(7-10(9)2)8-20-16(24)12-13(23)17(25)22-15(21-12)14-18-5-6-19-14/h3-7,23H,8H2,1-2H3,(H,18,19)(H,20,24)(H,21,22,25). The Morgan fingerprint density at radius 1 is 1.20 bits per heavy atom. The smallest absolute Gasteiger partial charge is 0.274 e. The Hall–Kier alpha value is -3.42. The molecule has 128 valence electrons. The van der Waals surface area contributed by atoms with E-state index in [0.29, 0.717) is 0 Å². The summed E-state index contributed by atoms with van der Waals surface area (Å²) in [6.07, 6.45) is 3.05. The third kappa shape index (κ3) is 3.42. The monoisotopic (exact) mass is 339 g/mol. The number of H-pyrrole nitrogens is 1. The van der Waals surface area contributed by atoms with Crippen LogP contribution < -0.4 is 5.32 Å². The Morgan fingerprint density at radius 2 is 2.00 bits per heavy atom. The number of carbonyl (C=O) groups excluding carboxylic acids is 1. The number of aryl methyl sites for hydroxylation is 2. The van der Waals surface area contributed by atoms with Crippen molar-refractivity contribution < 1.29 is 15.0 Å². The van der Waals surface area contributed by atoms with Crippen molar-refractivity contribution in [3.8, 4) is 23.3 Å². The molecular weight excluding hydrogens is 322 g/mol. The van der Waals surface area contributed by atoms with Crippen LogP contribution in [0.3, 0.4) is 0 Å². The number of hydrogen-bond donors (Lipinski definition) is 4. The maximum atomic E-state index is 12.4. The molecule has 3 aromatic rings. The molecule has 1 amide bonds. The van der Waals surface area contributed by atoms with Crippen molar-refractivity contribution in [2.24, 2.45) is 0 Å². The molecule has 0 aliphatic carbocycles. The predicted molar refractivity (Wildman–Crippen MR) is 90.0 cm³/mol. The quantitative estimate of drug-likeness (QED) is 0.575. The third-order valence-electron chi connectivity index (χ3n) is 3.82. The maximum Gasteiger partial charge on any atom is 0.274 e. The molecule has 1 aromatic carbocycles. The van der Waals surface area contributed by atoms with Crippen LogP contribution in [0, 0.1) is 13.8 Å². The third-order valence-corrected chi connectivity index (χ3v) is 3.82. The van der Waals surface area contributed by atoms with E-state index in [1.54, 1.807) is 6.20 Å². The summed E-state index contributed by atoms with van der Waals surface area (Å²) in [6, 6.07) is 5.86. The minimum absolute atomic E-state index is 0.0108. The lowest BCUT2D eigenvalue weighted by Gasteiger charge is -2.09. The molecule has 0 radical (unpaired) electrons. The highest BCUT2D eigenvalue weighted by atomic mass is 16.3. The lowest BCUT2D eigenvalue weighted by Crippen LogP contribution is -2.24. The molecule has 8 nitrogen and oxygen atoms in total. The van der Waals surface area contributed by atoms with Gasteiger partial charge in [-0.1, -0.05) is 18.2 Å². The van der Waals surface area contributed by atoms with Gasteiger partial charge in [-0.25, -0.2) is 9.97 Å². The van der Waals surface area contributed by atoms with Crippen LogP contribution in [0.5, 0.6) is 11.6 Å². The van der Waals surface area contributed by atoms with E-state index >= 15 is 0 Å². The summed E-state index contributed by atoms with van der Waals surface area (Å²) in [5.74, 6) is -1.69. The number of hydrogen-bond acceptors (Lipinski definition) is 6. The van der Waals surface area contributed by atoms with Crippen molar-refractivity contribution in [2.75, 3.05) is 0 Å². The molecule has 0 aliphatic heterocycles. The van der Waals surface area contributed by atoms with E-state index in [9.17, 15) is 15.0 Å². The van der Waals surface area contributed by atoms with Gasteiger partial charge in [-0.3, -0.25) is 4.79 Å². The molecule has 2 heterocycles. The first-order valence-electron chi connectivity index (χ1n) is 7.59. The summed E-state index contributed by atoms with van der Waals surface area (Å²) in [6.45, 7) is 4.26. The molecule has 0 unspecified atom stereocenters. The molecule has 3 rings (SSSR count). The second kappa shape index (κ2) is 6.60. The van der Waals surface area contributed by atoms with Gasteiger partial charge in [0.15, 0.2) is 17.3 Å². The zero-order chi connectivity index (χ0) is 18.0. The first kappa shape index (κ1) is 16.4. The number of nitrogens with one attached hydrogen (secondary N) is 2. The summed E-state index contributed by atoms with van der Waals surface area (Å²) in [4.78, 5) is 26.8. The van der Waals surface area contributed by atoms with Crippen LogP contribution in [0.4, 0.5) is 0 Å². The van der Waals surface area contributed by atoms with Gasteiger partial charge in [0, 0.05) is 18.9 Å². The zero-order valence-electron chi connectivity index (χ0n) is 13.7. The van der Waals surface area contributed by atoms with Gasteiger partial charge >= 0.3 is 0 Å². The maximum absolute atomic E-state index is 12.4. The average molecular weight is 339 g/mol. The van der Waals surface area contributed by atoms with E-state index in [2.05, 4.69) is 25.3 Å². The van der Waals surface area contributed by atoms with Crippen molar-refractivity contribution in [1.29, 1.82) is 0 Å². The fraction of sp³-hybridized carbons (Fsp3) is 0.176. The molecule has 8 heteroatoms. The average Bonchev–Trinajstić information content (AvgIpc) is 3.12. The Morgan fingerprint density at radius 3 is 2.68 bits per heavy atom. The van der Waals surface area contributed by atoms with Gasteiger partial charge in [0.1, 0.15) is 0 Å². The molecule has 0 fully saturated rings. The first-order valence-corrected chi connectivity index (χ1v) is 7.59. The van der Waals surface area contributed by atoms with E-state index in [0.717, 1.165) is 16.7 Å². The largest absolute Gasteiger partial charge is 0.501 e. The number of amides is 1. The lowest BCUT2D eigenvalue weighted by atomic mass is 10.1. The Bertz CT molecular complexity index is 922. The van der Waals surface area contributed by atoms with E-state index in [1.807, 2.05) is 32.0 Å². The van der Waals surface area contributed by atoms with E-state index in [4.69, 9.17) is 0 Å². The predicted octanol–water partition coefficient (Wildman–Crippen LogP) is 1.82. The minimum Gasteiger partial charge on any atom is -0.501 e. The van der Waals surface area contributed by atoms with Gasteiger partial charge in [0.05, 0.1) is 0 Å². The van der Waals surface area contributed by atoms with Crippen LogP contribution in [0.2, 0.25) is 0 Å². The molecule has 0 bridgehead atoms. The molecule has 0 atom stereocenters. The van der Waals surface area contributed by atoms with Gasteiger partial charge in [-0.05, 0) is 30.5 Å². The van der Waals surface area contributed by atoms with E-state index in [-0.39, 0.29) is 23.9 Å². The number of rotatable bonds is 4. The second-order valence-electron chi connectivity index (χ2n) is 5.61. The summed E-state index contributed by atoms with van der Waals surface area (Å²) in [5.41, 5.74) is 2.88. The Balaban J connectivity index is 1.82. The number of aromatic nitrogens is 4. The molecule has 0 saturated carbocycles. The molecule has 0 saturated heterocycles. The molecule has 0 aliphatic rings. The van der Waals surface area contributed by atoms with Gasteiger partial charge in [0.25, 0.3) is 11.8 Å². The Labute approximate surface area is 143 Å². The normalized spacial score (nSPS) is 10.6. The zero-order valence-corrected chi connectivity index (χ0v) is 13.7. The fourth-order valence-electron chi connectivity index (χ4n) is 2.27. The molecule has 0 spiro atoms. The van der Waals surface area contributed by atoms with Crippen LogP contribution in [-0.4, -0.2) is 36.1 Å². The van der Waals surface area contributed by atoms with Gasteiger partial charge in [-0.15, -0.1) is 0 Å². The minimum atomic E-state index is -0.683. The van der Waals surface area contributed by atoms with Crippen LogP contribution in [-0.2, 0) is 6.54 Å². The molecule has 2 aromatic heterocycles. The fourth-order valence-corrected chi connectivity index (χ4v) is 2.27. The van der Waals surface area contributed by atoms with Gasteiger partial charge in [0.2, 0.25) is 5.75 Å². The molecule has 4 N–H and O–H groups in total. The van der Waals surface area contributed by atoms with Crippen molar-refractivity contribution >= 4 is 5.91 Å². The van der Waals surface area contributed by atoms with Gasteiger partial charge in [-0.2, -0.15) is 4.98 Å². The van der Waals surface area contributed by atoms with Crippen molar-refractivity contribution in [3.05, 3.63) is 53.0 Å². The SMILES string of the molecule is Cc1ccc(CNC(=O)c2nc(-c3ncc[nH]3)nc(O)c2O)cc1C. The van der Waals surface area contributed by atoms with Crippen LogP contribution >= 0.6 is 0 Å². The Kier molecular flexibility index (Phi) is 4.34. The topological polar surface area (TPSA) is 124 Å². The summed E-state index contributed by atoms with van der Waals surface area (Å²) < 4.78 is 0. The molecular formula is C17H17N5O3. The number of carbonyl (C=O) groups is 1. The number of imidazole rings is 1. The highest BCUT2D eigenvalue weighted by Gasteiger charge is 2.21. The molecule has 25 heavy (non-hydrogen) atoms. The summed E-state index contributed by atoms with van der Waals surface area (Å²) >= 11 is 0. The summed E-state index contributed by atoms with van der Waals surface area (Å²) in [7, 11) is 0. The van der Waals surface area contributed by atoms with E-state index in [1.165, 1.54) is 6.20 Å². The van der Waals surface area contributed by atoms with Crippen molar-refractivity contribution in [2.45, 2.75) is 20.4 Å². The number of benzene rings is 1. The second-order valence-corrected chi connectivity index (χ2v) is 5.61. The summed E-state index contributed by atoms with van der Waals surface area (Å²) in [5, 5.41) is 22.3. The number of aromatic hydroxyl groups is 2. The van der Waals surface area contributed by atoms with Crippen LogP contribution in [0.1, 0.15) is 27.2 Å². The first-order chi connectivity index (χ1) is 12.0. The highest BCUT2D eigenvalue weighted by molar-refractivity contribution is 5.95. The number of aromatic amines is 1. The van der Waals surface area contributed by atoms with Gasteiger partial charge < -0.3 is 20.5 Å². The van der Waals surface area contributed by atoms with E-state index < -0.39 is 17.5 Å².